The minimum atomic E-state index is -3.05. The molecule has 0 saturated carbocycles. The highest BCUT2D eigenvalue weighted by molar-refractivity contribution is 7.91. The molecule has 1 aromatic carbocycles. The molecule has 2 aromatic rings. The van der Waals surface area contributed by atoms with Gasteiger partial charge in [0.1, 0.15) is 5.82 Å². The van der Waals surface area contributed by atoms with Crippen LogP contribution in [0.4, 0.5) is 11.5 Å². The lowest BCUT2D eigenvalue weighted by atomic mass is 10.1. The van der Waals surface area contributed by atoms with E-state index in [-0.39, 0.29) is 23.5 Å². The van der Waals surface area contributed by atoms with E-state index < -0.39 is 9.84 Å². The molecule has 1 aromatic heterocycles. The van der Waals surface area contributed by atoms with E-state index >= 15 is 0 Å². The number of aromatic nitrogens is 1. The van der Waals surface area contributed by atoms with E-state index in [4.69, 9.17) is 11.6 Å². The van der Waals surface area contributed by atoms with E-state index in [2.05, 4.69) is 10.3 Å². The number of benzene rings is 1. The Morgan fingerprint density at radius 1 is 1.31 bits per heavy atom. The molecule has 3 rings (SSSR count). The molecule has 1 fully saturated rings. The number of nitrogens with one attached hydrogen (secondary N) is 1. The monoisotopic (exact) mass is 393 g/mol. The van der Waals surface area contributed by atoms with Crippen molar-refractivity contribution >= 4 is 38.9 Å². The summed E-state index contributed by atoms with van der Waals surface area (Å²) in [5.74, 6) is 0.527. The number of nitrogens with zero attached hydrogens (tertiary/aromatic N) is 2. The first-order valence-electron chi connectivity index (χ1n) is 8.38. The maximum atomic E-state index is 12.9. The molecular formula is C18H20ClN3O3S. The van der Waals surface area contributed by atoms with Crippen LogP contribution in [-0.4, -0.2) is 48.3 Å². The van der Waals surface area contributed by atoms with Crippen molar-refractivity contribution in [3.05, 3.63) is 53.2 Å². The highest BCUT2D eigenvalue weighted by Gasteiger charge is 2.34. The summed E-state index contributed by atoms with van der Waals surface area (Å²) in [6.45, 7) is 2.32. The maximum absolute atomic E-state index is 12.9. The van der Waals surface area contributed by atoms with E-state index in [1.165, 1.54) is 0 Å². The second-order valence-corrected chi connectivity index (χ2v) is 8.87. The van der Waals surface area contributed by atoms with Crippen molar-refractivity contribution in [3.8, 4) is 0 Å². The van der Waals surface area contributed by atoms with Crippen molar-refractivity contribution in [2.45, 2.75) is 19.4 Å². The van der Waals surface area contributed by atoms with Gasteiger partial charge in [0.15, 0.2) is 9.84 Å². The number of carbonyl (C=O) groups excluding carboxylic acids is 1. The number of sulfone groups is 1. The second-order valence-electron chi connectivity index (χ2n) is 6.21. The molecule has 1 aliphatic rings. The lowest BCUT2D eigenvalue weighted by Crippen LogP contribution is -2.41. The first-order valence-corrected chi connectivity index (χ1v) is 10.6. The molecule has 0 aliphatic carbocycles. The second kappa shape index (κ2) is 7.63. The molecule has 2 heterocycles. The Labute approximate surface area is 158 Å². The third kappa shape index (κ3) is 4.34. The van der Waals surface area contributed by atoms with Gasteiger partial charge in [-0.15, -0.1) is 0 Å². The number of hydrogen-bond donors (Lipinski definition) is 1. The van der Waals surface area contributed by atoms with Gasteiger partial charge in [0.05, 0.1) is 11.5 Å². The lowest BCUT2D eigenvalue weighted by molar-refractivity contribution is 0.0708. The average molecular weight is 394 g/mol. The van der Waals surface area contributed by atoms with Gasteiger partial charge in [0.25, 0.3) is 5.91 Å². The average Bonchev–Trinajstić information content (AvgIpc) is 2.97. The Morgan fingerprint density at radius 3 is 2.65 bits per heavy atom. The van der Waals surface area contributed by atoms with E-state index in [0.29, 0.717) is 29.4 Å². The van der Waals surface area contributed by atoms with Crippen LogP contribution in [0.5, 0.6) is 0 Å². The number of amides is 1. The third-order valence-electron chi connectivity index (χ3n) is 4.37. The van der Waals surface area contributed by atoms with Crippen molar-refractivity contribution in [1.82, 2.24) is 9.88 Å². The summed E-state index contributed by atoms with van der Waals surface area (Å²) in [5.41, 5.74) is 1.28. The zero-order valence-electron chi connectivity index (χ0n) is 14.4. The molecule has 6 nitrogen and oxygen atoms in total. The summed E-state index contributed by atoms with van der Waals surface area (Å²) in [5, 5.41) is 3.77. The summed E-state index contributed by atoms with van der Waals surface area (Å²) >= 11 is 5.88. The van der Waals surface area contributed by atoms with Crippen LogP contribution in [-0.2, 0) is 9.84 Å². The maximum Gasteiger partial charge on any atom is 0.254 e. The molecule has 1 N–H and O–H groups in total. The number of rotatable bonds is 5. The molecule has 1 atom stereocenters. The number of halogens is 1. The fraction of sp³-hybridized carbons (Fsp3) is 0.333. The van der Waals surface area contributed by atoms with Gasteiger partial charge in [-0.3, -0.25) is 4.79 Å². The Morgan fingerprint density at radius 2 is 2.04 bits per heavy atom. The lowest BCUT2D eigenvalue weighted by Gasteiger charge is -2.27. The van der Waals surface area contributed by atoms with Gasteiger partial charge < -0.3 is 10.2 Å². The number of pyridine rings is 1. The fourth-order valence-electron chi connectivity index (χ4n) is 3.07. The van der Waals surface area contributed by atoms with Crippen LogP contribution in [0.25, 0.3) is 0 Å². The molecule has 8 heteroatoms. The largest absolute Gasteiger partial charge is 0.340 e. The Balaban J connectivity index is 1.77. The highest BCUT2D eigenvalue weighted by Crippen LogP contribution is 2.22. The van der Waals surface area contributed by atoms with E-state index in [0.717, 1.165) is 5.69 Å². The molecule has 0 spiro atoms. The smallest absolute Gasteiger partial charge is 0.254 e. The first-order chi connectivity index (χ1) is 12.4. The number of anilines is 2. The van der Waals surface area contributed by atoms with Crippen LogP contribution in [0.2, 0.25) is 5.02 Å². The van der Waals surface area contributed by atoms with E-state index in [1.807, 2.05) is 19.1 Å². The normalized spacial score (nSPS) is 18.5. The van der Waals surface area contributed by atoms with Crippen molar-refractivity contribution in [2.75, 3.05) is 23.4 Å². The van der Waals surface area contributed by atoms with E-state index in [1.54, 1.807) is 35.4 Å². The van der Waals surface area contributed by atoms with Crippen molar-refractivity contribution < 1.29 is 13.2 Å². The van der Waals surface area contributed by atoms with Crippen molar-refractivity contribution in [2.24, 2.45) is 0 Å². The Hall–Kier alpha value is -2.12. The molecule has 0 bridgehead atoms. The number of carbonyl (C=O) groups is 1. The van der Waals surface area contributed by atoms with Gasteiger partial charge in [-0.1, -0.05) is 11.6 Å². The predicted octanol–water partition coefficient (Wildman–Crippen LogP) is 3.13. The third-order valence-corrected chi connectivity index (χ3v) is 6.38. The summed E-state index contributed by atoms with van der Waals surface area (Å²) in [6.07, 6.45) is 2.05. The Bertz CT molecular complexity index is 900. The fourth-order valence-corrected chi connectivity index (χ4v) is 4.92. The Kier molecular flexibility index (Phi) is 5.48. The molecule has 26 heavy (non-hydrogen) atoms. The van der Waals surface area contributed by atoms with Crippen LogP contribution in [0.3, 0.4) is 0 Å². The predicted molar refractivity (Wildman–Crippen MR) is 103 cm³/mol. The zero-order chi connectivity index (χ0) is 18.7. The van der Waals surface area contributed by atoms with Gasteiger partial charge >= 0.3 is 0 Å². The minimum absolute atomic E-state index is 0.0353. The summed E-state index contributed by atoms with van der Waals surface area (Å²) in [7, 11) is -3.05. The topological polar surface area (TPSA) is 79.4 Å². The van der Waals surface area contributed by atoms with E-state index in [9.17, 15) is 13.2 Å². The molecular weight excluding hydrogens is 374 g/mol. The van der Waals surface area contributed by atoms with Crippen LogP contribution >= 0.6 is 11.6 Å². The van der Waals surface area contributed by atoms with Crippen LogP contribution in [0.1, 0.15) is 23.7 Å². The van der Waals surface area contributed by atoms with Crippen LogP contribution in [0.15, 0.2) is 42.6 Å². The highest BCUT2D eigenvalue weighted by atomic mass is 35.5. The summed E-state index contributed by atoms with van der Waals surface area (Å²) in [4.78, 5) is 18.7. The molecule has 1 aliphatic heterocycles. The summed E-state index contributed by atoms with van der Waals surface area (Å²) < 4.78 is 23.5. The quantitative estimate of drug-likeness (QED) is 0.844. The zero-order valence-corrected chi connectivity index (χ0v) is 15.9. The van der Waals surface area contributed by atoms with Crippen LogP contribution in [0, 0.1) is 0 Å². The van der Waals surface area contributed by atoms with Gasteiger partial charge in [-0.25, -0.2) is 13.4 Å². The first kappa shape index (κ1) is 18.7. The summed E-state index contributed by atoms with van der Waals surface area (Å²) in [6, 6.07) is 10.2. The van der Waals surface area contributed by atoms with Crippen LogP contribution < -0.4 is 5.32 Å². The molecule has 1 saturated heterocycles. The molecule has 1 amide bonds. The molecule has 1 unspecified atom stereocenters. The number of hydrogen-bond acceptors (Lipinski definition) is 5. The van der Waals surface area contributed by atoms with Crippen molar-refractivity contribution in [1.29, 1.82) is 0 Å². The SMILES string of the molecule is CCN(C(=O)c1ccnc(Nc2ccc(Cl)cc2)c1)C1CCS(=O)(=O)C1. The minimum Gasteiger partial charge on any atom is -0.340 e. The van der Waals surface area contributed by atoms with Gasteiger partial charge in [0, 0.05) is 35.1 Å². The van der Waals surface area contributed by atoms with Gasteiger partial charge in [-0.2, -0.15) is 0 Å². The molecule has 138 valence electrons. The standard InChI is InChI=1S/C18H20ClN3O3S/c1-2-22(16-8-10-26(24,25)12-16)18(23)13-7-9-20-17(11-13)21-15-5-3-14(19)4-6-15/h3-7,9,11,16H,2,8,10,12H2,1H3,(H,20,21). The van der Waals surface area contributed by atoms with Crippen molar-refractivity contribution in [3.63, 3.8) is 0 Å². The molecule has 0 radical (unpaired) electrons. The van der Waals surface area contributed by atoms with Gasteiger partial charge in [0.2, 0.25) is 0 Å². The van der Waals surface area contributed by atoms with Gasteiger partial charge in [-0.05, 0) is 49.7 Å².